The van der Waals surface area contributed by atoms with E-state index < -0.39 is 15.7 Å². The number of hydrogen-bond donors (Lipinski definition) is 0. The van der Waals surface area contributed by atoms with Crippen LogP contribution >= 0.6 is 0 Å². The fourth-order valence-corrected chi connectivity index (χ4v) is 4.80. The van der Waals surface area contributed by atoms with Crippen LogP contribution in [0.2, 0.25) is 0 Å². The third-order valence-electron chi connectivity index (χ3n) is 5.01. The van der Waals surface area contributed by atoms with Crippen LogP contribution in [0.4, 0.5) is 10.3 Å². The smallest absolute Gasteiger partial charge is 0.236 e. The van der Waals surface area contributed by atoms with Gasteiger partial charge in [0.2, 0.25) is 26.6 Å². The minimum Gasteiger partial charge on any atom is -0.494 e. The molecule has 0 amide bonds. The normalized spacial score (nSPS) is 14.7. The molecule has 30 heavy (non-hydrogen) atoms. The fraction of sp³-hybridized carbons (Fsp3) is 0.318. The zero-order valence-corrected chi connectivity index (χ0v) is 17.5. The van der Waals surface area contributed by atoms with E-state index >= 15 is 0 Å². The van der Waals surface area contributed by atoms with Crippen molar-refractivity contribution in [3.05, 3.63) is 54.3 Å². The van der Waals surface area contributed by atoms with Gasteiger partial charge in [-0.3, -0.25) is 0 Å². The summed E-state index contributed by atoms with van der Waals surface area (Å²) in [4.78, 5) is 6.27. The lowest BCUT2D eigenvalue weighted by Crippen LogP contribution is -2.30. The van der Waals surface area contributed by atoms with Gasteiger partial charge >= 0.3 is 0 Å². The van der Waals surface area contributed by atoms with Crippen molar-refractivity contribution in [1.82, 2.24) is 4.98 Å². The van der Waals surface area contributed by atoms with Crippen molar-refractivity contribution in [3.63, 3.8) is 0 Å². The quantitative estimate of drug-likeness (QED) is 0.528. The summed E-state index contributed by atoms with van der Waals surface area (Å²) in [6.07, 6.45) is 3.00. The number of ether oxygens (including phenoxy) is 1. The van der Waals surface area contributed by atoms with Crippen molar-refractivity contribution in [2.45, 2.75) is 36.1 Å². The van der Waals surface area contributed by atoms with Crippen molar-refractivity contribution < 1.29 is 22.0 Å². The molecule has 0 spiro atoms. The Kier molecular flexibility index (Phi) is 5.76. The van der Waals surface area contributed by atoms with Gasteiger partial charge in [0.05, 0.1) is 11.5 Å². The summed E-state index contributed by atoms with van der Waals surface area (Å²) in [6, 6.07) is 11.9. The molecule has 158 valence electrons. The molecule has 3 aromatic rings. The Labute approximate surface area is 175 Å². The molecular weight excluding hydrogens is 407 g/mol. The third kappa shape index (κ3) is 4.05. The van der Waals surface area contributed by atoms with Gasteiger partial charge in [0.15, 0.2) is 0 Å². The number of halogens is 1. The molecule has 1 aliphatic rings. The number of nitrogens with zero attached hydrogens (tertiary/aromatic N) is 2. The van der Waals surface area contributed by atoms with E-state index in [-0.39, 0.29) is 21.7 Å². The average molecular weight is 431 g/mol. The first-order valence-electron chi connectivity index (χ1n) is 9.98. The standard InChI is InChI=1S/C22H23FN2O4S/c1-2-28-18-10-6-16(7-11-18)20-24-21(22(29-20)25-14-4-3-5-15-25)30(26,27)19-12-8-17(23)9-13-19/h6-13H,2-5,14-15H2,1H3. The van der Waals surface area contributed by atoms with Crippen LogP contribution in [0.25, 0.3) is 11.5 Å². The minimum atomic E-state index is -3.98. The van der Waals surface area contributed by atoms with E-state index in [4.69, 9.17) is 9.15 Å². The molecule has 6 nitrogen and oxygen atoms in total. The van der Waals surface area contributed by atoms with E-state index in [0.29, 0.717) is 31.0 Å². The van der Waals surface area contributed by atoms with Crippen LogP contribution in [0.15, 0.2) is 62.9 Å². The van der Waals surface area contributed by atoms with Crippen molar-refractivity contribution in [2.75, 3.05) is 24.6 Å². The van der Waals surface area contributed by atoms with Gasteiger partial charge in [-0.25, -0.2) is 12.8 Å². The Balaban J connectivity index is 1.78. The molecule has 1 saturated heterocycles. The molecule has 8 heteroatoms. The van der Waals surface area contributed by atoms with E-state index in [0.717, 1.165) is 31.4 Å². The first-order chi connectivity index (χ1) is 14.5. The van der Waals surface area contributed by atoms with Crippen LogP contribution in [0.3, 0.4) is 0 Å². The Morgan fingerprint density at radius 3 is 2.33 bits per heavy atom. The molecule has 0 N–H and O–H groups in total. The maximum absolute atomic E-state index is 13.3. The van der Waals surface area contributed by atoms with Crippen molar-refractivity contribution in [2.24, 2.45) is 0 Å². The topological polar surface area (TPSA) is 72.6 Å². The van der Waals surface area contributed by atoms with Gasteiger partial charge in [0.25, 0.3) is 0 Å². The number of rotatable bonds is 6. The average Bonchev–Trinajstić information content (AvgIpc) is 3.22. The summed E-state index contributed by atoms with van der Waals surface area (Å²) in [6.45, 7) is 3.85. The summed E-state index contributed by atoms with van der Waals surface area (Å²) in [7, 11) is -3.98. The maximum atomic E-state index is 13.3. The molecule has 1 aliphatic heterocycles. The number of hydrogen-bond acceptors (Lipinski definition) is 6. The van der Waals surface area contributed by atoms with Crippen LogP contribution in [0.1, 0.15) is 26.2 Å². The van der Waals surface area contributed by atoms with Gasteiger partial charge in [-0.2, -0.15) is 4.98 Å². The van der Waals surface area contributed by atoms with Crippen molar-refractivity contribution in [1.29, 1.82) is 0 Å². The van der Waals surface area contributed by atoms with Gasteiger partial charge in [-0.1, -0.05) is 0 Å². The molecule has 2 aromatic carbocycles. The van der Waals surface area contributed by atoms with Crippen LogP contribution in [-0.4, -0.2) is 33.1 Å². The van der Waals surface area contributed by atoms with Crippen LogP contribution < -0.4 is 9.64 Å². The Bertz CT molecular complexity index is 1100. The molecule has 0 aliphatic carbocycles. The second-order valence-electron chi connectivity index (χ2n) is 7.09. The number of oxazole rings is 1. The molecule has 0 unspecified atom stereocenters. The summed E-state index contributed by atoms with van der Waals surface area (Å²) >= 11 is 0. The SMILES string of the molecule is CCOc1ccc(-c2nc(S(=O)(=O)c3ccc(F)cc3)c(N3CCCCC3)o2)cc1. The predicted molar refractivity (Wildman–Crippen MR) is 111 cm³/mol. The first kappa shape index (κ1) is 20.4. The Morgan fingerprint density at radius 2 is 1.70 bits per heavy atom. The monoisotopic (exact) mass is 430 g/mol. The highest BCUT2D eigenvalue weighted by molar-refractivity contribution is 7.91. The van der Waals surface area contributed by atoms with Crippen molar-refractivity contribution in [3.8, 4) is 17.2 Å². The summed E-state index contributed by atoms with van der Waals surface area (Å²) in [5.41, 5.74) is 0.650. The molecule has 4 rings (SSSR count). The molecule has 0 atom stereocenters. The highest BCUT2D eigenvalue weighted by atomic mass is 32.2. The van der Waals surface area contributed by atoms with E-state index in [1.54, 1.807) is 24.3 Å². The zero-order valence-electron chi connectivity index (χ0n) is 16.7. The maximum Gasteiger partial charge on any atom is 0.236 e. The van der Waals surface area contributed by atoms with Crippen LogP contribution in [0.5, 0.6) is 5.75 Å². The van der Waals surface area contributed by atoms with Gasteiger partial charge in [0, 0.05) is 18.7 Å². The number of sulfone groups is 1. The highest BCUT2D eigenvalue weighted by Gasteiger charge is 2.32. The van der Waals surface area contributed by atoms with Gasteiger partial charge in [-0.15, -0.1) is 0 Å². The number of anilines is 1. The Morgan fingerprint density at radius 1 is 1.03 bits per heavy atom. The van der Waals surface area contributed by atoms with Crippen LogP contribution in [-0.2, 0) is 9.84 Å². The lowest BCUT2D eigenvalue weighted by atomic mass is 10.1. The number of benzene rings is 2. The highest BCUT2D eigenvalue weighted by Crippen LogP contribution is 2.36. The van der Waals surface area contributed by atoms with E-state index in [1.807, 2.05) is 11.8 Å². The van der Waals surface area contributed by atoms with Gasteiger partial charge in [-0.05, 0) is 74.7 Å². The van der Waals surface area contributed by atoms with E-state index in [9.17, 15) is 12.8 Å². The van der Waals surface area contributed by atoms with Gasteiger partial charge in [0.1, 0.15) is 11.6 Å². The molecule has 0 bridgehead atoms. The fourth-order valence-electron chi connectivity index (χ4n) is 3.48. The number of piperidine rings is 1. The number of aromatic nitrogens is 1. The largest absolute Gasteiger partial charge is 0.494 e. The second kappa shape index (κ2) is 8.47. The van der Waals surface area contributed by atoms with E-state index in [2.05, 4.69) is 4.98 Å². The summed E-state index contributed by atoms with van der Waals surface area (Å²) in [5, 5.41) is -0.139. The van der Waals surface area contributed by atoms with Crippen molar-refractivity contribution >= 4 is 15.7 Å². The minimum absolute atomic E-state index is 0.0197. The first-order valence-corrected chi connectivity index (χ1v) is 11.5. The predicted octanol–water partition coefficient (Wildman–Crippen LogP) is 4.70. The molecule has 0 radical (unpaired) electrons. The molecular formula is C22H23FN2O4S. The zero-order chi connectivity index (χ0) is 21.1. The molecule has 2 heterocycles. The van der Waals surface area contributed by atoms with Crippen LogP contribution in [0, 0.1) is 5.82 Å². The molecule has 0 saturated carbocycles. The lowest BCUT2D eigenvalue weighted by Gasteiger charge is -2.26. The Hall–Kier alpha value is -2.87. The summed E-state index contributed by atoms with van der Waals surface area (Å²) < 4.78 is 51.4. The third-order valence-corrected chi connectivity index (χ3v) is 6.68. The second-order valence-corrected chi connectivity index (χ2v) is 8.96. The summed E-state index contributed by atoms with van der Waals surface area (Å²) in [5.74, 6) is 0.672. The molecule has 1 aromatic heterocycles. The molecule has 1 fully saturated rings. The lowest BCUT2D eigenvalue weighted by molar-refractivity contribution is 0.340. The van der Waals surface area contributed by atoms with Gasteiger partial charge < -0.3 is 14.1 Å². The van der Waals surface area contributed by atoms with E-state index in [1.165, 1.54) is 12.1 Å².